The molecule has 3 N–H and O–H groups in total. The maximum absolute atomic E-state index is 12.2. The molecule has 0 atom stereocenters. The largest absolute Gasteiger partial charge is 0.496 e. The minimum Gasteiger partial charge on any atom is -0.496 e. The number of rotatable bonds is 3. The normalized spacial score (nSPS) is 10.0. The molecule has 0 heterocycles. The third-order valence-electron chi connectivity index (χ3n) is 2.63. The van der Waals surface area contributed by atoms with Crippen molar-refractivity contribution in [2.24, 2.45) is 0 Å². The molecule has 0 bridgehead atoms. The quantitative estimate of drug-likeness (QED) is 0.846. The smallest absolute Gasteiger partial charge is 0.261 e. The Balaban J connectivity index is 2.33. The third-order valence-corrected chi connectivity index (χ3v) is 2.96. The first kappa shape index (κ1) is 13.2. The van der Waals surface area contributed by atoms with Crippen molar-refractivity contribution in [3.05, 3.63) is 53.1 Å². The van der Waals surface area contributed by atoms with E-state index >= 15 is 0 Å². The minimum atomic E-state index is -0.358. The first-order valence-electron chi connectivity index (χ1n) is 5.62. The van der Waals surface area contributed by atoms with Crippen LogP contribution in [0.5, 0.6) is 5.75 Å². The summed E-state index contributed by atoms with van der Waals surface area (Å²) in [6.45, 7) is 0. The summed E-state index contributed by atoms with van der Waals surface area (Å²) in [5.74, 6) is 0.0626. The first-order valence-corrected chi connectivity index (χ1v) is 5.99. The van der Waals surface area contributed by atoms with Crippen molar-refractivity contribution in [1.29, 1.82) is 0 Å². The molecule has 0 spiro atoms. The van der Waals surface area contributed by atoms with Crippen LogP contribution in [-0.2, 0) is 0 Å². The van der Waals surface area contributed by atoms with Crippen LogP contribution in [0.25, 0.3) is 0 Å². The van der Waals surface area contributed by atoms with Gasteiger partial charge in [0.2, 0.25) is 0 Å². The number of para-hydroxylation sites is 1. The summed E-state index contributed by atoms with van der Waals surface area (Å²) in [5.41, 5.74) is 6.99. The number of ether oxygens (including phenoxy) is 1. The minimum absolute atomic E-state index is 0.296. The Kier molecular flexibility index (Phi) is 3.92. The highest BCUT2D eigenvalue weighted by Gasteiger charge is 2.16. The fourth-order valence-electron chi connectivity index (χ4n) is 1.71. The molecule has 0 saturated heterocycles. The molecule has 2 aromatic carbocycles. The van der Waals surface area contributed by atoms with Crippen molar-refractivity contribution in [2.45, 2.75) is 0 Å². The molecule has 0 aliphatic rings. The number of nitrogen functional groups attached to an aromatic ring is 1. The van der Waals surface area contributed by atoms with E-state index in [-0.39, 0.29) is 5.91 Å². The Hall–Kier alpha value is -2.20. The SMILES string of the molecule is COc1cccc(N)c1C(=O)Nc1ccccc1Cl. The Morgan fingerprint density at radius 1 is 1.21 bits per heavy atom. The molecule has 19 heavy (non-hydrogen) atoms. The van der Waals surface area contributed by atoms with Gasteiger partial charge in [0.05, 0.1) is 17.8 Å². The van der Waals surface area contributed by atoms with E-state index in [0.29, 0.717) is 27.7 Å². The third kappa shape index (κ3) is 2.80. The van der Waals surface area contributed by atoms with E-state index in [1.165, 1.54) is 7.11 Å². The molecule has 0 saturated carbocycles. The average Bonchev–Trinajstić information content (AvgIpc) is 2.40. The lowest BCUT2D eigenvalue weighted by Gasteiger charge is -2.12. The number of hydrogen-bond donors (Lipinski definition) is 2. The van der Waals surface area contributed by atoms with Crippen LogP contribution < -0.4 is 15.8 Å². The first-order chi connectivity index (χ1) is 9.13. The summed E-state index contributed by atoms with van der Waals surface area (Å²) in [7, 11) is 1.49. The van der Waals surface area contributed by atoms with Gasteiger partial charge in [-0.05, 0) is 24.3 Å². The molecule has 98 valence electrons. The van der Waals surface area contributed by atoms with Crippen molar-refractivity contribution in [1.82, 2.24) is 0 Å². The van der Waals surface area contributed by atoms with E-state index in [9.17, 15) is 4.79 Å². The van der Waals surface area contributed by atoms with Gasteiger partial charge in [-0.2, -0.15) is 0 Å². The van der Waals surface area contributed by atoms with Crippen molar-refractivity contribution in [3.8, 4) is 5.75 Å². The van der Waals surface area contributed by atoms with E-state index in [4.69, 9.17) is 22.1 Å². The summed E-state index contributed by atoms with van der Waals surface area (Å²) < 4.78 is 5.14. The topological polar surface area (TPSA) is 64.3 Å². The van der Waals surface area contributed by atoms with Gasteiger partial charge in [0.25, 0.3) is 5.91 Å². The van der Waals surface area contributed by atoms with Crippen molar-refractivity contribution >= 4 is 28.9 Å². The number of hydrogen-bond acceptors (Lipinski definition) is 3. The zero-order chi connectivity index (χ0) is 13.8. The second-order valence-corrected chi connectivity index (χ2v) is 4.27. The molecule has 1 amide bonds. The van der Waals surface area contributed by atoms with Gasteiger partial charge in [0, 0.05) is 5.69 Å². The molecule has 2 rings (SSSR count). The number of carbonyl (C=O) groups excluding carboxylic acids is 1. The number of halogens is 1. The lowest BCUT2D eigenvalue weighted by atomic mass is 10.1. The molecule has 0 fully saturated rings. The van der Waals surface area contributed by atoms with E-state index in [1.54, 1.807) is 42.5 Å². The zero-order valence-electron chi connectivity index (χ0n) is 10.3. The molecule has 0 aliphatic heterocycles. The maximum atomic E-state index is 12.2. The van der Waals surface area contributed by atoms with Crippen LogP contribution in [0.4, 0.5) is 11.4 Å². The molecule has 0 radical (unpaired) electrons. The molecule has 0 unspecified atom stereocenters. The molecule has 0 aliphatic carbocycles. The van der Waals surface area contributed by atoms with Gasteiger partial charge in [-0.1, -0.05) is 29.8 Å². The van der Waals surface area contributed by atoms with Gasteiger partial charge in [0.15, 0.2) is 0 Å². The van der Waals surface area contributed by atoms with Crippen LogP contribution >= 0.6 is 11.6 Å². The highest BCUT2D eigenvalue weighted by atomic mass is 35.5. The lowest BCUT2D eigenvalue weighted by molar-refractivity contribution is 0.102. The molecule has 4 nitrogen and oxygen atoms in total. The summed E-state index contributed by atoms with van der Waals surface area (Å²) in [6.07, 6.45) is 0. The summed E-state index contributed by atoms with van der Waals surface area (Å²) in [5, 5.41) is 3.17. The second-order valence-electron chi connectivity index (χ2n) is 3.86. The van der Waals surface area contributed by atoms with Gasteiger partial charge >= 0.3 is 0 Å². The van der Waals surface area contributed by atoms with E-state index < -0.39 is 0 Å². The predicted octanol–water partition coefficient (Wildman–Crippen LogP) is 3.18. The van der Waals surface area contributed by atoms with Crippen LogP contribution in [0.2, 0.25) is 5.02 Å². The summed E-state index contributed by atoms with van der Waals surface area (Å²) in [6, 6.07) is 12.0. The number of benzene rings is 2. The lowest BCUT2D eigenvalue weighted by Crippen LogP contribution is -2.15. The Morgan fingerprint density at radius 2 is 1.95 bits per heavy atom. The van der Waals surface area contributed by atoms with Crippen LogP contribution in [0.1, 0.15) is 10.4 Å². The Bertz CT molecular complexity index is 614. The maximum Gasteiger partial charge on any atom is 0.261 e. The van der Waals surface area contributed by atoms with Gasteiger partial charge in [0.1, 0.15) is 11.3 Å². The van der Waals surface area contributed by atoms with E-state index in [2.05, 4.69) is 5.32 Å². The number of anilines is 2. The zero-order valence-corrected chi connectivity index (χ0v) is 11.1. The molecular formula is C14H13ClN2O2. The fourth-order valence-corrected chi connectivity index (χ4v) is 1.89. The molecule has 5 heteroatoms. The number of methoxy groups -OCH3 is 1. The standard InChI is InChI=1S/C14H13ClN2O2/c1-19-12-8-4-6-10(16)13(12)14(18)17-11-7-3-2-5-9(11)15/h2-8H,16H2,1H3,(H,17,18). The summed E-state index contributed by atoms with van der Waals surface area (Å²) in [4.78, 5) is 12.2. The average molecular weight is 277 g/mol. The molecule has 2 aromatic rings. The van der Waals surface area contributed by atoms with Crippen molar-refractivity contribution < 1.29 is 9.53 Å². The highest BCUT2D eigenvalue weighted by molar-refractivity contribution is 6.34. The van der Waals surface area contributed by atoms with Gasteiger partial charge in [-0.15, -0.1) is 0 Å². The van der Waals surface area contributed by atoms with Gasteiger partial charge in [-0.3, -0.25) is 4.79 Å². The Labute approximate surface area is 116 Å². The molecular weight excluding hydrogens is 264 g/mol. The highest BCUT2D eigenvalue weighted by Crippen LogP contribution is 2.27. The summed E-state index contributed by atoms with van der Waals surface area (Å²) >= 11 is 5.99. The van der Waals surface area contributed by atoms with Gasteiger partial charge in [-0.25, -0.2) is 0 Å². The van der Waals surface area contributed by atoms with Crippen LogP contribution in [-0.4, -0.2) is 13.0 Å². The number of nitrogens with one attached hydrogen (secondary N) is 1. The second kappa shape index (κ2) is 5.63. The van der Waals surface area contributed by atoms with Crippen LogP contribution in [0.15, 0.2) is 42.5 Å². The van der Waals surface area contributed by atoms with Crippen LogP contribution in [0, 0.1) is 0 Å². The number of amides is 1. The van der Waals surface area contributed by atoms with E-state index in [0.717, 1.165) is 0 Å². The van der Waals surface area contributed by atoms with Crippen molar-refractivity contribution in [2.75, 3.05) is 18.2 Å². The van der Waals surface area contributed by atoms with Crippen molar-refractivity contribution in [3.63, 3.8) is 0 Å². The van der Waals surface area contributed by atoms with E-state index in [1.807, 2.05) is 0 Å². The van der Waals surface area contributed by atoms with Gasteiger partial charge < -0.3 is 15.8 Å². The number of carbonyl (C=O) groups is 1. The molecule has 0 aromatic heterocycles. The number of nitrogens with two attached hydrogens (primary N) is 1. The van der Waals surface area contributed by atoms with Crippen LogP contribution in [0.3, 0.4) is 0 Å². The monoisotopic (exact) mass is 276 g/mol. The predicted molar refractivity (Wildman–Crippen MR) is 76.8 cm³/mol. The Morgan fingerprint density at radius 3 is 2.63 bits per heavy atom. The fraction of sp³-hybridized carbons (Fsp3) is 0.0714.